The van der Waals surface area contributed by atoms with E-state index in [4.69, 9.17) is 4.74 Å². The Morgan fingerprint density at radius 3 is 2.44 bits per heavy atom. The van der Waals surface area contributed by atoms with Crippen molar-refractivity contribution in [2.24, 2.45) is 17.3 Å². The molecule has 3 unspecified atom stereocenters. The predicted molar refractivity (Wildman–Crippen MR) is 61.8 cm³/mol. The zero-order valence-electron chi connectivity index (χ0n) is 10.6. The molecule has 0 aromatic rings. The SMILES string of the molecule is CC=CC(C)C1OC(=O)C(C)(C)C(=O)C1C. The van der Waals surface area contributed by atoms with Crippen molar-refractivity contribution in [1.82, 2.24) is 0 Å². The highest BCUT2D eigenvalue weighted by Crippen LogP contribution is 2.34. The molecule has 90 valence electrons. The first-order valence-corrected chi connectivity index (χ1v) is 5.70. The molecule has 1 aliphatic heterocycles. The molecule has 1 heterocycles. The number of carbonyl (C=O) groups is 2. The number of hydrogen-bond acceptors (Lipinski definition) is 3. The van der Waals surface area contributed by atoms with Gasteiger partial charge < -0.3 is 4.74 Å². The second kappa shape index (κ2) is 4.40. The highest BCUT2D eigenvalue weighted by molar-refractivity contribution is 6.05. The molecule has 1 rings (SSSR count). The molecule has 1 aliphatic rings. The van der Waals surface area contributed by atoms with Gasteiger partial charge in [-0.25, -0.2) is 0 Å². The fraction of sp³-hybridized carbons (Fsp3) is 0.692. The number of allylic oxidation sites excluding steroid dienone is 1. The lowest BCUT2D eigenvalue weighted by Gasteiger charge is -2.38. The Morgan fingerprint density at radius 1 is 1.38 bits per heavy atom. The maximum atomic E-state index is 12.1. The first-order chi connectivity index (χ1) is 7.32. The third-order valence-corrected chi connectivity index (χ3v) is 3.29. The molecule has 0 radical (unpaired) electrons. The monoisotopic (exact) mass is 224 g/mol. The summed E-state index contributed by atoms with van der Waals surface area (Å²) in [6, 6.07) is 0. The minimum Gasteiger partial charge on any atom is -0.460 e. The van der Waals surface area contributed by atoms with Crippen molar-refractivity contribution in [2.45, 2.75) is 40.7 Å². The Kier molecular flexibility index (Phi) is 3.56. The van der Waals surface area contributed by atoms with Crippen molar-refractivity contribution < 1.29 is 14.3 Å². The van der Waals surface area contributed by atoms with Gasteiger partial charge in [0.2, 0.25) is 0 Å². The number of carbonyl (C=O) groups excluding carboxylic acids is 2. The summed E-state index contributed by atoms with van der Waals surface area (Å²) in [6.07, 6.45) is 3.54. The van der Waals surface area contributed by atoms with Crippen molar-refractivity contribution in [3.05, 3.63) is 12.2 Å². The van der Waals surface area contributed by atoms with Gasteiger partial charge in [0.25, 0.3) is 0 Å². The van der Waals surface area contributed by atoms with Crippen molar-refractivity contribution in [3.63, 3.8) is 0 Å². The van der Waals surface area contributed by atoms with Crippen LogP contribution in [-0.4, -0.2) is 17.9 Å². The van der Waals surface area contributed by atoms with Crippen LogP contribution in [0, 0.1) is 17.3 Å². The van der Waals surface area contributed by atoms with Crippen molar-refractivity contribution in [1.29, 1.82) is 0 Å². The van der Waals surface area contributed by atoms with Crippen LogP contribution in [0.5, 0.6) is 0 Å². The number of rotatable bonds is 2. The van der Waals surface area contributed by atoms with Gasteiger partial charge in [-0.05, 0) is 20.8 Å². The first-order valence-electron chi connectivity index (χ1n) is 5.70. The lowest BCUT2D eigenvalue weighted by Crippen LogP contribution is -2.51. The molecule has 3 atom stereocenters. The topological polar surface area (TPSA) is 43.4 Å². The Hall–Kier alpha value is -1.12. The maximum Gasteiger partial charge on any atom is 0.319 e. The number of cyclic esters (lactones) is 1. The third kappa shape index (κ3) is 2.04. The molecule has 3 heteroatoms. The Bertz CT molecular complexity index is 328. The highest BCUT2D eigenvalue weighted by Gasteiger charge is 2.49. The summed E-state index contributed by atoms with van der Waals surface area (Å²) in [4.78, 5) is 23.8. The van der Waals surface area contributed by atoms with Crippen LogP contribution >= 0.6 is 0 Å². The molecule has 0 saturated carbocycles. The van der Waals surface area contributed by atoms with Gasteiger partial charge in [-0.2, -0.15) is 0 Å². The molecule has 0 aromatic heterocycles. The van der Waals surface area contributed by atoms with Gasteiger partial charge in [0, 0.05) is 5.92 Å². The second-order valence-electron chi connectivity index (χ2n) is 5.03. The van der Waals surface area contributed by atoms with Crippen LogP contribution < -0.4 is 0 Å². The Labute approximate surface area is 96.9 Å². The summed E-state index contributed by atoms with van der Waals surface area (Å²) in [5.74, 6) is -0.593. The van der Waals surface area contributed by atoms with Crippen molar-refractivity contribution in [3.8, 4) is 0 Å². The fourth-order valence-electron chi connectivity index (χ4n) is 2.17. The molecule has 0 aromatic carbocycles. The van der Waals surface area contributed by atoms with Crippen molar-refractivity contribution in [2.75, 3.05) is 0 Å². The molecule has 0 spiro atoms. The van der Waals surface area contributed by atoms with E-state index >= 15 is 0 Å². The lowest BCUT2D eigenvalue weighted by atomic mass is 9.75. The molecule has 3 nitrogen and oxygen atoms in total. The molecule has 1 saturated heterocycles. The van der Waals surface area contributed by atoms with Crippen LogP contribution in [0.3, 0.4) is 0 Å². The molecule has 0 aliphatic carbocycles. The summed E-state index contributed by atoms with van der Waals surface area (Å²) >= 11 is 0. The van der Waals surface area contributed by atoms with E-state index in [9.17, 15) is 9.59 Å². The maximum absolute atomic E-state index is 12.1. The predicted octanol–water partition coefficient (Wildman–Crippen LogP) is 2.36. The molecule has 0 N–H and O–H groups in total. The highest BCUT2D eigenvalue weighted by atomic mass is 16.5. The summed E-state index contributed by atoms with van der Waals surface area (Å²) in [6.45, 7) is 8.97. The normalized spacial score (nSPS) is 31.6. The number of Topliss-reactive ketones (excluding diaryl/α,β-unsaturated/α-hetero) is 1. The van der Waals surface area contributed by atoms with Gasteiger partial charge in [-0.1, -0.05) is 26.0 Å². The van der Waals surface area contributed by atoms with E-state index in [1.807, 2.05) is 32.9 Å². The van der Waals surface area contributed by atoms with E-state index in [1.165, 1.54) is 0 Å². The van der Waals surface area contributed by atoms with Crippen LogP contribution in [0.4, 0.5) is 0 Å². The average molecular weight is 224 g/mol. The van der Waals surface area contributed by atoms with Crippen LogP contribution in [0.15, 0.2) is 12.2 Å². The van der Waals surface area contributed by atoms with E-state index in [0.717, 1.165) is 0 Å². The van der Waals surface area contributed by atoms with Crippen molar-refractivity contribution >= 4 is 11.8 Å². The second-order valence-corrected chi connectivity index (χ2v) is 5.03. The van der Waals surface area contributed by atoms with E-state index in [0.29, 0.717) is 0 Å². The largest absolute Gasteiger partial charge is 0.460 e. The number of hydrogen-bond donors (Lipinski definition) is 0. The third-order valence-electron chi connectivity index (χ3n) is 3.29. The smallest absolute Gasteiger partial charge is 0.319 e. The van der Waals surface area contributed by atoms with Gasteiger partial charge in [-0.15, -0.1) is 0 Å². The molecule has 0 bridgehead atoms. The summed E-state index contributed by atoms with van der Waals surface area (Å²) in [5, 5.41) is 0. The molecular weight excluding hydrogens is 204 g/mol. The van der Waals surface area contributed by atoms with Crippen LogP contribution in [0.25, 0.3) is 0 Å². The summed E-state index contributed by atoms with van der Waals surface area (Å²) in [5.41, 5.74) is -0.994. The number of ether oxygens (including phenoxy) is 1. The minimum atomic E-state index is -0.994. The zero-order chi connectivity index (χ0) is 12.5. The van der Waals surface area contributed by atoms with Gasteiger partial charge >= 0.3 is 5.97 Å². The summed E-state index contributed by atoms with van der Waals surface area (Å²) < 4.78 is 5.39. The van der Waals surface area contributed by atoms with E-state index in [-0.39, 0.29) is 23.7 Å². The number of esters is 1. The average Bonchev–Trinajstić information content (AvgIpc) is 2.21. The summed E-state index contributed by atoms with van der Waals surface area (Å²) in [7, 11) is 0. The van der Waals surface area contributed by atoms with E-state index in [1.54, 1.807) is 13.8 Å². The Balaban J connectivity index is 2.94. The van der Waals surface area contributed by atoms with Gasteiger partial charge in [-0.3, -0.25) is 9.59 Å². The minimum absolute atomic E-state index is 0.0231. The molecular formula is C13H20O3. The molecule has 1 fully saturated rings. The van der Waals surface area contributed by atoms with E-state index in [2.05, 4.69) is 0 Å². The van der Waals surface area contributed by atoms with Gasteiger partial charge in [0.1, 0.15) is 11.5 Å². The quantitative estimate of drug-likeness (QED) is 0.411. The fourth-order valence-corrected chi connectivity index (χ4v) is 2.17. The first kappa shape index (κ1) is 12.9. The Morgan fingerprint density at radius 2 is 1.94 bits per heavy atom. The molecule has 16 heavy (non-hydrogen) atoms. The van der Waals surface area contributed by atoms with Crippen LogP contribution in [0.2, 0.25) is 0 Å². The van der Waals surface area contributed by atoms with Gasteiger partial charge in [0.05, 0.1) is 5.92 Å². The van der Waals surface area contributed by atoms with Crippen LogP contribution in [-0.2, 0) is 14.3 Å². The molecule has 0 amide bonds. The number of ketones is 1. The standard InChI is InChI=1S/C13H20O3/c1-6-7-8(2)10-9(3)11(14)13(4,5)12(15)16-10/h6-10H,1-5H3. The lowest BCUT2D eigenvalue weighted by molar-refractivity contribution is -0.179. The van der Waals surface area contributed by atoms with Gasteiger partial charge in [0.15, 0.2) is 5.78 Å². The van der Waals surface area contributed by atoms with E-state index < -0.39 is 11.4 Å². The zero-order valence-corrected chi connectivity index (χ0v) is 10.6. The van der Waals surface area contributed by atoms with Crippen LogP contribution in [0.1, 0.15) is 34.6 Å².